The van der Waals surface area contributed by atoms with Gasteiger partial charge in [-0.3, -0.25) is 0 Å². The number of sulfonamides is 1. The minimum Gasteiger partial charge on any atom is -0.861 e. The smallest absolute Gasteiger partial charge is 0.518 e. The van der Waals surface area contributed by atoms with Gasteiger partial charge < -0.3 is 5.11 Å². The number of nitrogens with zero attached hydrogens (tertiary/aromatic N) is 1. The van der Waals surface area contributed by atoms with E-state index in [0.29, 0.717) is 6.92 Å². The third-order valence-corrected chi connectivity index (χ3v) is 1.62. The Labute approximate surface area is 60.4 Å². The Morgan fingerprint density at radius 2 is 1.82 bits per heavy atom. The van der Waals surface area contributed by atoms with Crippen LogP contribution in [0.3, 0.4) is 0 Å². The molecule has 0 N–H and O–H groups in total. The maximum Gasteiger partial charge on any atom is 0.518 e. The molecule has 0 saturated carbocycles. The third-order valence-electron chi connectivity index (χ3n) is 0.541. The van der Waals surface area contributed by atoms with Crippen molar-refractivity contribution in [2.24, 2.45) is 4.40 Å². The van der Waals surface area contributed by atoms with Gasteiger partial charge in [0.25, 0.3) is 0 Å². The minimum absolute atomic E-state index is 0.614. The quantitative estimate of drug-likeness (QED) is 0.417. The second kappa shape index (κ2) is 2.68. The Balaban J connectivity index is 4.95. The van der Waals surface area contributed by atoms with Crippen LogP contribution in [0.25, 0.3) is 0 Å². The van der Waals surface area contributed by atoms with Crippen LogP contribution >= 0.6 is 0 Å². The van der Waals surface area contributed by atoms with Crippen LogP contribution in [0, 0.1) is 0 Å². The van der Waals surface area contributed by atoms with Gasteiger partial charge in [0.1, 0.15) is 0 Å². The fourth-order valence-corrected chi connectivity index (χ4v) is 0.663. The summed E-state index contributed by atoms with van der Waals surface area (Å²) < 4.78 is 55.9. The van der Waals surface area contributed by atoms with Gasteiger partial charge in [0.05, 0.1) is 0 Å². The van der Waals surface area contributed by atoms with E-state index in [1.54, 1.807) is 0 Å². The summed E-state index contributed by atoms with van der Waals surface area (Å²) >= 11 is 0. The normalized spacial score (nSPS) is 15.1. The van der Waals surface area contributed by atoms with Crippen LogP contribution in [-0.4, -0.2) is 19.8 Å². The van der Waals surface area contributed by atoms with E-state index in [2.05, 4.69) is 0 Å². The molecule has 0 rings (SSSR count). The standard InChI is InChI=1S/C3H4F3NO3S/c1-2(8)7-11(9,10)3(4,5)6/h1H3,(H,7,8)/p-1. The van der Waals surface area contributed by atoms with E-state index in [0.717, 1.165) is 0 Å². The summed E-state index contributed by atoms with van der Waals surface area (Å²) in [5.74, 6) is -1.40. The highest BCUT2D eigenvalue weighted by Crippen LogP contribution is 2.24. The Hall–Kier alpha value is -0.790. The number of rotatable bonds is 1. The van der Waals surface area contributed by atoms with Crippen molar-refractivity contribution in [3.8, 4) is 0 Å². The molecule has 66 valence electrons. The van der Waals surface area contributed by atoms with Crippen LogP contribution < -0.4 is 5.11 Å². The first-order valence-electron chi connectivity index (χ1n) is 2.21. The van der Waals surface area contributed by atoms with Crippen LogP contribution in [0.1, 0.15) is 6.92 Å². The van der Waals surface area contributed by atoms with Gasteiger partial charge in [0.15, 0.2) is 0 Å². The molecule has 4 nitrogen and oxygen atoms in total. The summed E-state index contributed by atoms with van der Waals surface area (Å²) in [5.41, 5.74) is -5.49. The molecule has 0 radical (unpaired) electrons. The summed E-state index contributed by atoms with van der Waals surface area (Å²) in [4.78, 5) is 0. The van der Waals surface area contributed by atoms with E-state index in [9.17, 15) is 26.7 Å². The van der Waals surface area contributed by atoms with Crippen molar-refractivity contribution in [1.29, 1.82) is 0 Å². The van der Waals surface area contributed by atoms with Crippen LogP contribution in [0.4, 0.5) is 13.2 Å². The Kier molecular flexibility index (Phi) is 2.49. The monoisotopic (exact) mass is 190 g/mol. The van der Waals surface area contributed by atoms with Crippen molar-refractivity contribution in [2.45, 2.75) is 12.4 Å². The van der Waals surface area contributed by atoms with Gasteiger partial charge in [0, 0.05) is 0 Å². The summed E-state index contributed by atoms with van der Waals surface area (Å²) in [6, 6.07) is 0. The maximum atomic E-state index is 11.4. The molecule has 0 bridgehead atoms. The molecule has 0 atom stereocenters. The van der Waals surface area contributed by atoms with E-state index >= 15 is 0 Å². The Bertz CT molecular complexity index is 260. The van der Waals surface area contributed by atoms with E-state index in [-0.39, 0.29) is 0 Å². The van der Waals surface area contributed by atoms with Crippen LogP contribution in [-0.2, 0) is 10.0 Å². The first kappa shape index (κ1) is 10.2. The third kappa shape index (κ3) is 2.74. The average molecular weight is 190 g/mol. The molecular formula is C3H3F3NO3S-. The van der Waals surface area contributed by atoms with E-state index in [1.165, 1.54) is 0 Å². The van der Waals surface area contributed by atoms with Crippen molar-refractivity contribution in [2.75, 3.05) is 0 Å². The lowest BCUT2D eigenvalue weighted by atomic mass is 10.8. The summed E-state index contributed by atoms with van der Waals surface area (Å²) in [6.07, 6.45) is 0. The van der Waals surface area contributed by atoms with E-state index < -0.39 is 21.4 Å². The van der Waals surface area contributed by atoms with Crippen LogP contribution in [0.15, 0.2) is 4.40 Å². The molecule has 0 amide bonds. The second-order valence-corrected chi connectivity index (χ2v) is 3.13. The predicted molar refractivity (Wildman–Crippen MR) is 28.1 cm³/mol. The molecule has 0 aliphatic carbocycles. The lowest BCUT2D eigenvalue weighted by Crippen LogP contribution is -2.24. The first-order chi connectivity index (χ1) is 4.67. The topological polar surface area (TPSA) is 69.6 Å². The molecule has 0 aromatic heterocycles. The van der Waals surface area contributed by atoms with Gasteiger partial charge in [0.2, 0.25) is 0 Å². The zero-order valence-electron chi connectivity index (χ0n) is 5.21. The average Bonchev–Trinajstić information content (AvgIpc) is 1.56. The molecule has 0 aromatic carbocycles. The number of alkyl halides is 3. The van der Waals surface area contributed by atoms with Gasteiger partial charge in [-0.25, -0.2) is 0 Å². The molecule has 0 aliphatic heterocycles. The minimum atomic E-state index is -5.62. The molecule has 11 heavy (non-hydrogen) atoms. The van der Waals surface area contributed by atoms with Crippen molar-refractivity contribution in [3.05, 3.63) is 0 Å². The van der Waals surface area contributed by atoms with Crippen LogP contribution in [0.2, 0.25) is 0 Å². The fourth-order valence-electron chi connectivity index (χ4n) is 0.221. The Morgan fingerprint density at radius 1 is 1.45 bits per heavy atom. The molecule has 0 spiro atoms. The van der Waals surface area contributed by atoms with Crippen molar-refractivity contribution in [3.63, 3.8) is 0 Å². The zero-order valence-corrected chi connectivity index (χ0v) is 6.03. The highest BCUT2D eigenvalue weighted by molar-refractivity contribution is 7.91. The van der Waals surface area contributed by atoms with Crippen LogP contribution in [0.5, 0.6) is 0 Å². The molecule has 0 aromatic rings. The summed E-state index contributed by atoms with van der Waals surface area (Å²) in [6.45, 7) is 0.614. The van der Waals surface area contributed by atoms with E-state index in [4.69, 9.17) is 0 Å². The molecule has 0 unspecified atom stereocenters. The second-order valence-electron chi connectivity index (χ2n) is 1.53. The van der Waals surface area contributed by atoms with Gasteiger partial charge in [-0.15, -0.1) is 0 Å². The van der Waals surface area contributed by atoms with Crippen molar-refractivity contribution >= 4 is 15.9 Å². The maximum absolute atomic E-state index is 11.4. The van der Waals surface area contributed by atoms with Crippen molar-refractivity contribution < 1.29 is 26.7 Å². The Morgan fingerprint density at radius 3 is 1.91 bits per heavy atom. The largest absolute Gasteiger partial charge is 0.861 e. The zero-order chi connectivity index (χ0) is 9.28. The van der Waals surface area contributed by atoms with Gasteiger partial charge >= 0.3 is 15.5 Å². The van der Waals surface area contributed by atoms with Gasteiger partial charge in [-0.2, -0.15) is 26.0 Å². The SMILES string of the molecule is CC([O-])=NS(=O)(=O)C(F)(F)F. The van der Waals surface area contributed by atoms with E-state index in [1.807, 2.05) is 4.40 Å². The molecule has 0 heterocycles. The molecule has 0 saturated heterocycles. The predicted octanol–water partition coefficient (Wildman–Crippen LogP) is -0.385. The highest BCUT2D eigenvalue weighted by atomic mass is 32.2. The summed E-state index contributed by atoms with van der Waals surface area (Å²) in [5, 5.41) is 9.86. The lowest BCUT2D eigenvalue weighted by Gasteiger charge is -2.05. The number of halogens is 3. The number of hydrogen-bond donors (Lipinski definition) is 0. The molecule has 0 fully saturated rings. The summed E-state index contributed by atoms with van der Waals surface area (Å²) in [7, 11) is -5.62. The van der Waals surface area contributed by atoms with Gasteiger partial charge in [-0.05, 0) is 12.8 Å². The highest BCUT2D eigenvalue weighted by Gasteiger charge is 2.45. The van der Waals surface area contributed by atoms with Crippen molar-refractivity contribution in [1.82, 2.24) is 0 Å². The number of hydrogen-bond acceptors (Lipinski definition) is 3. The molecular weight excluding hydrogens is 187 g/mol. The fraction of sp³-hybridized carbons (Fsp3) is 0.667. The molecule has 8 heteroatoms. The lowest BCUT2D eigenvalue weighted by molar-refractivity contribution is -0.215. The molecule has 0 aliphatic rings. The first-order valence-corrected chi connectivity index (χ1v) is 3.65. The van der Waals surface area contributed by atoms with Gasteiger partial charge in [-0.1, -0.05) is 0 Å².